The lowest BCUT2D eigenvalue weighted by Gasteiger charge is -2.26. The Labute approximate surface area is 147 Å². The molecule has 0 bridgehead atoms. The summed E-state index contributed by atoms with van der Waals surface area (Å²) in [4.78, 5) is 9.43. The Morgan fingerprint density at radius 3 is 2.71 bits per heavy atom. The lowest BCUT2D eigenvalue weighted by Crippen LogP contribution is -2.41. The van der Waals surface area contributed by atoms with Crippen LogP contribution >= 0.6 is 0 Å². The molecule has 142 valence electrons. The summed E-state index contributed by atoms with van der Waals surface area (Å²) < 4.78 is 10.5. The Morgan fingerprint density at radius 2 is 2.00 bits per heavy atom. The first-order valence-electron chi connectivity index (χ1n) is 9.26. The Balaban J connectivity index is 2.14. The minimum atomic E-state index is 0.824. The lowest BCUT2D eigenvalue weighted by molar-refractivity contribution is 0.0377. The first kappa shape index (κ1) is 21.2. The summed E-state index contributed by atoms with van der Waals surface area (Å²) in [5, 5.41) is 6.73. The Hall–Kier alpha value is -0.890. The Kier molecular flexibility index (Phi) is 12.7. The van der Waals surface area contributed by atoms with E-state index in [4.69, 9.17) is 9.47 Å². The quantitative estimate of drug-likeness (QED) is 0.301. The fraction of sp³-hybridized carbons (Fsp3) is 0.941. The number of morpholine rings is 1. The number of nitrogens with one attached hydrogen (secondary N) is 2. The van der Waals surface area contributed by atoms with Crippen LogP contribution in [0.1, 0.15) is 19.8 Å². The molecule has 0 unspecified atom stereocenters. The van der Waals surface area contributed by atoms with E-state index in [1.807, 2.05) is 0 Å². The third-order valence-electron chi connectivity index (χ3n) is 4.02. The van der Waals surface area contributed by atoms with Gasteiger partial charge in [-0.05, 0) is 26.8 Å². The number of hydrogen-bond acceptors (Lipinski definition) is 5. The number of rotatable bonds is 12. The van der Waals surface area contributed by atoms with Crippen molar-refractivity contribution in [3.8, 4) is 0 Å². The Morgan fingerprint density at radius 1 is 1.21 bits per heavy atom. The van der Waals surface area contributed by atoms with Gasteiger partial charge in [-0.3, -0.25) is 9.89 Å². The van der Waals surface area contributed by atoms with Crippen LogP contribution in [0.15, 0.2) is 4.99 Å². The van der Waals surface area contributed by atoms with Gasteiger partial charge < -0.3 is 25.0 Å². The van der Waals surface area contributed by atoms with Gasteiger partial charge in [-0.15, -0.1) is 0 Å². The standard InChI is InChI=1S/C17H37N5O2/c1-4-18-17(20-8-11-21(2)9-6-14-23-3)19-7-5-10-22-12-15-24-16-13-22/h4-16H2,1-3H3,(H2,18,19,20). The van der Waals surface area contributed by atoms with E-state index in [9.17, 15) is 0 Å². The van der Waals surface area contributed by atoms with Crippen molar-refractivity contribution in [2.75, 3.05) is 86.3 Å². The van der Waals surface area contributed by atoms with Gasteiger partial charge in [0.05, 0.1) is 13.2 Å². The number of likely N-dealkylation sites (N-methyl/N-ethyl adjacent to an activating group) is 1. The maximum absolute atomic E-state index is 5.37. The summed E-state index contributed by atoms with van der Waals surface area (Å²) in [6.45, 7) is 12.6. The molecule has 0 aromatic heterocycles. The monoisotopic (exact) mass is 343 g/mol. The molecule has 0 aliphatic carbocycles. The highest BCUT2D eigenvalue weighted by Crippen LogP contribution is 1.98. The third-order valence-corrected chi connectivity index (χ3v) is 4.02. The zero-order valence-corrected chi connectivity index (χ0v) is 15.9. The van der Waals surface area contributed by atoms with Crippen LogP contribution in [-0.4, -0.2) is 102 Å². The molecule has 0 aromatic rings. The van der Waals surface area contributed by atoms with E-state index < -0.39 is 0 Å². The van der Waals surface area contributed by atoms with Crippen LogP contribution in [0.4, 0.5) is 0 Å². The fourth-order valence-electron chi connectivity index (χ4n) is 2.61. The second kappa shape index (κ2) is 14.5. The normalized spacial score (nSPS) is 16.6. The first-order chi connectivity index (χ1) is 11.8. The molecular formula is C17H37N5O2. The topological polar surface area (TPSA) is 61.4 Å². The van der Waals surface area contributed by atoms with Crippen molar-refractivity contribution in [1.82, 2.24) is 20.4 Å². The summed E-state index contributed by atoms with van der Waals surface area (Å²) >= 11 is 0. The van der Waals surface area contributed by atoms with E-state index in [1.54, 1.807) is 7.11 Å². The minimum Gasteiger partial charge on any atom is -0.385 e. The van der Waals surface area contributed by atoms with Crippen LogP contribution < -0.4 is 10.6 Å². The van der Waals surface area contributed by atoms with Crippen molar-refractivity contribution in [2.45, 2.75) is 19.8 Å². The van der Waals surface area contributed by atoms with Gasteiger partial charge in [-0.2, -0.15) is 0 Å². The molecule has 2 N–H and O–H groups in total. The molecule has 7 heteroatoms. The summed E-state index contributed by atoms with van der Waals surface area (Å²) in [6.07, 6.45) is 2.16. The third kappa shape index (κ3) is 10.8. The number of guanidine groups is 1. The maximum Gasteiger partial charge on any atom is 0.191 e. The van der Waals surface area contributed by atoms with E-state index in [2.05, 4.69) is 39.4 Å². The van der Waals surface area contributed by atoms with Crippen molar-refractivity contribution in [3.63, 3.8) is 0 Å². The molecule has 1 saturated heterocycles. The number of methoxy groups -OCH3 is 1. The van der Waals surface area contributed by atoms with Gasteiger partial charge in [0.25, 0.3) is 0 Å². The maximum atomic E-state index is 5.37. The van der Waals surface area contributed by atoms with Crippen LogP contribution in [0, 0.1) is 0 Å². The average molecular weight is 344 g/mol. The molecule has 0 radical (unpaired) electrons. The van der Waals surface area contributed by atoms with Crippen LogP contribution in [-0.2, 0) is 9.47 Å². The SMILES string of the molecule is CCNC(=NCCCN1CCOCC1)NCCN(C)CCCOC. The molecule has 1 aliphatic heterocycles. The summed E-state index contributed by atoms with van der Waals surface area (Å²) in [6, 6.07) is 0. The summed E-state index contributed by atoms with van der Waals surface area (Å²) in [5.41, 5.74) is 0. The molecule has 7 nitrogen and oxygen atoms in total. The Bertz CT molecular complexity index is 322. The van der Waals surface area contributed by atoms with Crippen molar-refractivity contribution < 1.29 is 9.47 Å². The molecule has 1 fully saturated rings. The molecule has 0 saturated carbocycles. The van der Waals surface area contributed by atoms with Crippen LogP contribution in [0.5, 0.6) is 0 Å². The molecule has 24 heavy (non-hydrogen) atoms. The van der Waals surface area contributed by atoms with E-state index in [0.29, 0.717) is 0 Å². The van der Waals surface area contributed by atoms with Gasteiger partial charge in [-0.1, -0.05) is 0 Å². The van der Waals surface area contributed by atoms with Gasteiger partial charge in [-0.25, -0.2) is 0 Å². The second-order valence-corrected chi connectivity index (χ2v) is 6.14. The lowest BCUT2D eigenvalue weighted by atomic mass is 10.3. The van der Waals surface area contributed by atoms with Crippen molar-refractivity contribution in [1.29, 1.82) is 0 Å². The van der Waals surface area contributed by atoms with Crippen molar-refractivity contribution in [2.24, 2.45) is 4.99 Å². The van der Waals surface area contributed by atoms with Gasteiger partial charge >= 0.3 is 0 Å². The van der Waals surface area contributed by atoms with Gasteiger partial charge in [0, 0.05) is 66.1 Å². The minimum absolute atomic E-state index is 0.824. The number of hydrogen-bond donors (Lipinski definition) is 2. The predicted molar refractivity (Wildman–Crippen MR) is 99.8 cm³/mol. The number of aliphatic imine (C=N–C) groups is 1. The van der Waals surface area contributed by atoms with Gasteiger partial charge in [0.1, 0.15) is 0 Å². The molecule has 1 heterocycles. The molecule has 0 amide bonds. The first-order valence-corrected chi connectivity index (χ1v) is 9.26. The highest BCUT2D eigenvalue weighted by atomic mass is 16.5. The summed E-state index contributed by atoms with van der Waals surface area (Å²) in [7, 11) is 3.89. The predicted octanol–water partition coefficient (Wildman–Crippen LogP) is 0.232. The fourth-order valence-corrected chi connectivity index (χ4v) is 2.61. The molecule has 1 aliphatic rings. The largest absolute Gasteiger partial charge is 0.385 e. The zero-order valence-electron chi connectivity index (χ0n) is 15.9. The summed E-state index contributed by atoms with van der Waals surface area (Å²) in [5.74, 6) is 0.921. The zero-order chi connectivity index (χ0) is 17.5. The van der Waals surface area contributed by atoms with E-state index in [0.717, 1.165) is 91.0 Å². The molecule has 0 aromatic carbocycles. The average Bonchev–Trinajstić information content (AvgIpc) is 2.60. The van der Waals surface area contributed by atoms with E-state index in [-0.39, 0.29) is 0 Å². The van der Waals surface area contributed by atoms with E-state index >= 15 is 0 Å². The van der Waals surface area contributed by atoms with E-state index in [1.165, 1.54) is 0 Å². The highest BCUT2D eigenvalue weighted by molar-refractivity contribution is 5.79. The molecule has 0 spiro atoms. The van der Waals surface area contributed by atoms with Gasteiger partial charge in [0.2, 0.25) is 0 Å². The number of nitrogens with zero attached hydrogens (tertiary/aromatic N) is 3. The molecule has 0 atom stereocenters. The van der Waals surface area contributed by atoms with Crippen molar-refractivity contribution >= 4 is 5.96 Å². The molecule has 1 rings (SSSR count). The molecular weight excluding hydrogens is 306 g/mol. The second-order valence-electron chi connectivity index (χ2n) is 6.14. The van der Waals surface area contributed by atoms with Gasteiger partial charge in [0.15, 0.2) is 5.96 Å². The van der Waals surface area contributed by atoms with Crippen LogP contribution in [0.2, 0.25) is 0 Å². The smallest absolute Gasteiger partial charge is 0.191 e. The van der Waals surface area contributed by atoms with Crippen LogP contribution in [0.25, 0.3) is 0 Å². The number of ether oxygens (including phenoxy) is 2. The van der Waals surface area contributed by atoms with Crippen LogP contribution in [0.3, 0.4) is 0 Å². The highest BCUT2D eigenvalue weighted by Gasteiger charge is 2.09. The van der Waals surface area contributed by atoms with Crippen molar-refractivity contribution in [3.05, 3.63) is 0 Å².